The number of nitrogens with one attached hydrogen (secondary N) is 1. The van der Waals surface area contributed by atoms with E-state index < -0.39 is 6.03 Å². The van der Waals surface area contributed by atoms with Crippen molar-refractivity contribution in [3.63, 3.8) is 0 Å². The number of aromatic nitrogens is 1. The molecule has 1 aliphatic rings. The van der Waals surface area contributed by atoms with Crippen LogP contribution in [0.2, 0.25) is 0 Å². The summed E-state index contributed by atoms with van der Waals surface area (Å²) in [5, 5.41) is 12.9. The standard InChI is InChI=1S/C21H24N4O4/c1-13-11-17(18(26)12-23-13)19(27)14-4-6-15(7-5-14)20(28)24-16-3-2-9-25(10-8-16)21(22)29/h4-7,11-12,16,26H,2-3,8-10H2,1H3,(H2,22,29)(H,24,28)/t16-/m0/s1. The van der Waals surface area contributed by atoms with Gasteiger partial charge in [-0.25, -0.2) is 4.79 Å². The maximum atomic E-state index is 12.6. The van der Waals surface area contributed by atoms with E-state index in [9.17, 15) is 19.5 Å². The van der Waals surface area contributed by atoms with Crippen LogP contribution < -0.4 is 11.1 Å². The normalized spacial score (nSPS) is 16.7. The maximum Gasteiger partial charge on any atom is 0.314 e. The third-order valence-corrected chi connectivity index (χ3v) is 5.05. The first kappa shape index (κ1) is 20.3. The minimum atomic E-state index is -0.437. The van der Waals surface area contributed by atoms with Crippen LogP contribution in [0.15, 0.2) is 36.5 Å². The van der Waals surface area contributed by atoms with E-state index in [4.69, 9.17) is 5.73 Å². The molecule has 1 fully saturated rings. The number of nitrogens with two attached hydrogens (primary N) is 1. The molecule has 0 aliphatic carbocycles. The fraction of sp³-hybridized carbons (Fsp3) is 0.333. The van der Waals surface area contributed by atoms with E-state index in [1.165, 1.54) is 12.3 Å². The molecule has 2 aromatic rings. The van der Waals surface area contributed by atoms with Gasteiger partial charge in [-0.1, -0.05) is 12.1 Å². The lowest BCUT2D eigenvalue weighted by atomic mass is 10.0. The van der Waals surface area contributed by atoms with Crippen molar-refractivity contribution in [3.8, 4) is 5.75 Å². The van der Waals surface area contributed by atoms with Gasteiger partial charge in [-0.2, -0.15) is 0 Å². The monoisotopic (exact) mass is 396 g/mol. The molecule has 1 aromatic heterocycles. The average Bonchev–Trinajstić information content (AvgIpc) is 2.95. The third kappa shape index (κ3) is 4.90. The van der Waals surface area contributed by atoms with Crippen molar-refractivity contribution in [3.05, 3.63) is 58.9 Å². The zero-order chi connectivity index (χ0) is 21.0. The number of nitrogens with zero attached hydrogens (tertiary/aromatic N) is 2. The fourth-order valence-electron chi connectivity index (χ4n) is 3.39. The second-order valence-electron chi connectivity index (χ2n) is 7.18. The molecule has 1 aliphatic heterocycles. The van der Waals surface area contributed by atoms with Crippen molar-refractivity contribution < 1.29 is 19.5 Å². The largest absolute Gasteiger partial charge is 0.506 e. The molecule has 3 amide bonds. The van der Waals surface area contributed by atoms with Crippen molar-refractivity contribution >= 4 is 17.7 Å². The van der Waals surface area contributed by atoms with Gasteiger partial charge in [-0.05, 0) is 44.4 Å². The van der Waals surface area contributed by atoms with Crippen LogP contribution in [0.4, 0.5) is 4.79 Å². The molecule has 2 heterocycles. The second kappa shape index (κ2) is 8.72. The topological polar surface area (TPSA) is 126 Å². The molecular weight excluding hydrogens is 372 g/mol. The highest BCUT2D eigenvalue weighted by Crippen LogP contribution is 2.20. The Morgan fingerprint density at radius 3 is 2.52 bits per heavy atom. The van der Waals surface area contributed by atoms with Gasteiger partial charge in [0.1, 0.15) is 5.75 Å². The van der Waals surface area contributed by atoms with Gasteiger partial charge in [-0.3, -0.25) is 14.6 Å². The molecule has 3 rings (SSSR count). The number of urea groups is 1. The number of aryl methyl sites for hydroxylation is 1. The molecule has 0 bridgehead atoms. The Balaban J connectivity index is 1.65. The number of amides is 3. The Morgan fingerprint density at radius 2 is 1.83 bits per heavy atom. The highest BCUT2D eigenvalue weighted by atomic mass is 16.3. The van der Waals surface area contributed by atoms with Gasteiger partial charge in [0.15, 0.2) is 5.78 Å². The lowest BCUT2D eigenvalue weighted by Gasteiger charge is -2.18. The molecule has 8 nitrogen and oxygen atoms in total. The SMILES string of the molecule is Cc1cc(C(=O)c2ccc(C(=O)N[C@H]3CCCN(C(N)=O)CC3)cc2)c(O)cn1. The second-order valence-corrected chi connectivity index (χ2v) is 7.18. The van der Waals surface area contributed by atoms with E-state index in [1.807, 2.05) is 0 Å². The number of rotatable bonds is 4. The molecule has 1 atom stereocenters. The van der Waals surface area contributed by atoms with Gasteiger partial charge in [-0.15, -0.1) is 0 Å². The summed E-state index contributed by atoms with van der Waals surface area (Å²) in [6.45, 7) is 2.85. The van der Waals surface area contributed by atoms with Gasteiger partial charge >= 0.3 is 6.03 Å². The summed E-state index contributed by atoms with van der Waals surface area (Å²) < 4.78 is 0. The van der Waals surface area contributed by atoms with Crippen LogP contribution in [0.5, 0.6) is 5.75 Å². The summed E-state index contributed by atoms with van der Waals surface area (Å²) >= 11 is 0. The van der Waals surface area contributed by atoms with E-state index >= 15 is 0 Å². The van der Waals surface area contributed by atoms with Gasteiger partial charge in [0.05, 0.1) is 11.8 Å². The van der Waals surface area contributed by atoms with Gasteiger partial charge in [0, 0.05) is 36.0 Å². The van der Waals surface area contributed by atoms with E-state index in [0.29, 0.717) is 36.3 Å². The summed E-state index contributed by atoms with van der Waals surface area (Å²) in [5.74, 6) is -0.750. The Labute approximate surface area is 168 Å². The molecule has 1 aromatic carbocycles. The minimum Gasteiger partial charge on any atom is -0.506 e. The van der Waals surface area contributed by atoms with Crippen LogP contribution in [0.3, 0.4) is 0 Å². The van der Waals surface area contributed by atoms with Crippen LogP contribution >= 0.6 is 0 Å². The van der Waals surface area contributed by atoms with E-state index in [0.717, 1.165) is 12.8 Å². The van der Waals surface area contributed by atoms with E-state index in [2.05, 4.69) is 10.3 Å². The number of likely N-dealkylation sites (tertiary alicyclic amines) is 1. The lowest BCUT2D eigenvalue weighted by molar-refractivity contribution is 0.0932. The Morgan fingerprint density at radius 1 is 1.14 bits per heavy atom. The number of aromatic hydroxyl groups is 1. The first-order chi connectivity index (χ1) is 13.8. The number of ketones is 1. The average molecular weight is 396 g/mol. The number of pyridine rings is 1. The predicted molar refractivity (Wildman–Crippen MR) is 107 cm³/mol. The molecule has 4 N–H and O–H groups in total. The molecule has 0 unspecified atom stereocenters. The van der Waals surface area contributed by atoms with Crippen molar-refractivity contribution in [2.75, 3.05) is 13.1 Å². The van der Waals surface area contributed by atoms with Crippen LogP contribution in [-0.4, -0.2) is 51.8 Å². The van der Waals surface area contributed by atoms with Crippen LogP contribution in [0, 0.1) is 6.92 Å². The minimum absolute atomic E-state index is 0.0371. The number of hydrogen-bond donors (Lipinski definition) is 3. The fourth-order valence-corrected chi connectivity index (χ4v) is 3.39. The highest BCUT2D eigenvalue weighted by Gasteiger charge is 2.21. The maximum absolute atomic E-state index is 12.6. The first-order valence-electron chi connectivity index (χ1n) is 9.51. The van der Waals surface area contributed by atoms with Crippen LogP contribution in [0.1, 0.15) is 51.2 Å². The zero-order valence-electron chi connectivity index (χ0n) is 16.2. The van der Waals surface area contributed by atoms with Gasteiger partial charge in [0.25, 0.3) is 5.91 Å². The number of carbonyl (C=O) groups excluding carboxylic acids is 3. The quantitative estimate of drug-likeness (QED) is 0.682. The van der Waals surface area contributed by atoms with E-state index in [1.54, 1.807) is 36.1 Å². The predicted octanol–water partition coefficient (Wildman–Crippen LogP) is 1.99. The molecule has 0 radical (unpaired) electrons. The third-order valence-electron chi connectivity index (χ3n) is 5.05. The molecule has 0 spiro atoms. The lowest BCUT2D eigenvalue weighted by Crippen LogP contribution is -2.38. The summed E-state index contributed by atoms with van der Waals surface area (Å²) in [6.07, 6.45) is 3.44. The Hall–Kier alpha value is -3.42. The van der Waals surface area contributed by atoms with Crippen molar-refractivity contribution in [2.24, 2.45) is 5.73 Å². The first-order valence-corrected chi connectivity index (χ1v) is 9.51. The van der Waals surface area contributed by atoms with Gasteiger partial charge < -0.3 is 21.1 Å². The zero-order valence-corrected chi connectivity index (χ0v) is 16.2. The Bertz CT molecular complexity index is 927. The number of benzene rings is 1. The highest BCUT2D eigenvalue weighted by molar-refractivity contribution is 6.11. The molecule has 0 saturated carbocycles. The van der Waals surface area contributed by atoms with Crippen molar-refractivity contribution in [1.82, 2.24) is 15.2 Å². The smallest absolute Gasteiger partial charge is 0.314 e. The summed E-state index contributed by atoms with van der Waals surface area (Å²) in [5.41, 5.74) is 6.93. The molecule has 29 heavy (non-hydrogen) atoms. The summed E-state index contributed by atoms with van der Waals surface area (Å²) in [6, 6.07) is 7.35. The number of hydrogen-bond acceptors (Lipinski definition) is 5. The van der Waals surface area contributed by atoms with Crippen LogP contribution in [0.25, 0.3) is 0 Å². The molecular formula is C21H24N4O4. The van der Waals surface area contributed by atoms with Crippen molar-refractivity contribution in [1.29, 1.82) is 0 Å². The molecule has 8 heteroatoms. The van der Waals surface area contributed by atoms with Crippen molar-refractivity contribution in [2.45, 2.75) is 32.2 Å². The van der Waals surface area contributed by atoms with Crippen LogP contribution in [-0.2, 0) is 0 Å². The molecule has 152 valence electrons. The van der Waals surface area contributed by atoms with E-state index in [-0.39, 0.29) is 29.0 Å². The number of primary amides is 1. The van der Waals surface area contributed by atoms with Gasteiger partial charge in [0.2, 0.25) is 0 Å². The summed E-state index contributed by atoms with van der Waals surface area (Å²) in [7, 11) is 0. The molecule has 1 saturated heterocycles. The summed E-state index contributed by atoms with van der Waals surface area (Å²) in [4.78, 5) is 42.0. The number of carbonyl (C=O) groups is 3. The Kier molecular flexibility index (Phi) is 6.11.